The molecule has 0 aliphatic heterocycles. The second kappa shape index (κ2) is 5.19. The molecule has 3 rings (SSSR count). The van der Waals surface area contributed by atoms with Crippen molar-refractivity contribution in [1.82, 2.24) is 0 Å². The van der Waals surface area contributed by atoms with Crippen molar-refractivity contribution in [2.24, 2.45) is 0 Å². The Labute approximate surface area is 126 Å². The maximum atomic E-state index is 12.5. The zero-order valence-electron chi connectivity index (χ0n) is 11.2. The zero-order valence-corrected chi connectivity index (χ0v) is 12.0. The van der Waals surface area contributed by atoms with Crippen molar-refractivity contribution in [3.63, 3.8) is 0 Å². The smallest absolute Gasteiger partial charge is 0.230 e. The van der Waals surface area contributed by atoms with Crippen LogP contribution in [0.4, 0.5) is 0 Å². The Morgan fingerprint density at radius 1 is 0.857 bits per heavy atom. The minimum atomic E-state index is -0.393. The van der Waals surface area contributed by atoms with Gasteiger partial charge in [-0.25, -0.2) is 0 Å². The number of carbonyl (C=O) groups is 2. The topological polar surface area (TPSA) is 43.4 Å². The Morgan fingerprint density at radius 2 is 1.43 bits per heavy atom. The lowest BCUT2D eigenvalue weighted by molar-refractivity contribution is 0.0943. The molecule has 0 amide bonds. The first kappa shape index (κ1) is 13.6. The SMILES string of the molecule is Cc1ccccc1OC1=C(Cl)C(=O)c2ccccc2C1=O. The van der Waals surface area contributed by atoms with Crippen LogP contribution in [0.15, 0.2) is 59.3 Å². The molecule has 3 nitrogen and oxygen atoms in total. The number of carbonyl (C=O) groups excluding carboxylic acids is 2. The standard InChI is InChI=1S/C17H11ClO3/c1-10-6-2-5-9-13(10)21-17-14(18)15(19)11-7-3-4-8-12(11)16(17)20/h2-9H,1H3. The highest BCUT2D eigenvalue weighted by atomic mass is 35.5. The molecule has 0 fully saturated rings. The summed E-state index contributed by atoms with van der Waals surface area (Å²) in [5.74, 6) is -0.380. The average Bonchev–Trinajstić information content (AvgIpc) is 2.51. The molecule has 2 aromatic carbocycles. The van der Waals surface area contributed by atoms with Crippen LogP contribution in [0.3, 0.4) is 0 Å². The van der Waals surface area contributed by atoms with Gasteiger partial charge < -0.3 is 4.74 Å². The fraction of sp³-hybridized carbons (Fsp3) is 0.0588. The third-order valence-electron chi connectivity index (χ3n) is 3.33. The molecule has 21 heavy (non-hydrogen) atoms. The first-order chi connectivity index (χ1) is 10.1. The van der Waals surface area contributed by atoms with Crippen molar-refractivity contribution in [2.75, 3.05) is 0 Å². The van der Waals surface area contributed by atoms with Gasteiger partial charge in [-0.15, -0.1) is 0 Å². The van der Waals surface area contributed by atoms with Crippen LogP contribution in [0.25, 0.3) is 0 Å². The number of allylic oxidation sites excluding steroid dienone is 2. The van der Waals surface area contributed by atoms with Crippen LogP contribution in [-0.4, -0.2) is 11.6 Å². The highest BCUT2D eigenvalue weighted by Gasteiger charge is 2.33. The fourth-order valence-electron chi connectivity index (χ4n) is 2.19. The van der Waals surface area contributed by atoms with E-state index in [0.29, 0.717) is 16.9 Å². The maximum absolute atomic E-state index is 12.5. The zero-order chi connectivity index (χ0) is 15.0. The van der Waals surface area contributed by atoms with Crippen molar-refractivity contribution in [3.8, 4) is 5.75 Å². The number of halogens is 1. The van der Waals surface area contributed by atoms with Gasteiger partial charge in [0.15, 0.2) is 5.76 Å². The van der Waals surface area contributed by atoms with Gasteiger partial charge in [0, 0.05) is 11.1 Å². The summed E-state index contributed by atoms with van der Waals surface area (Å²) < 4.78 is 5.62. The van der Waals surface area contributed by atoms with E-state index in [1.807, 2.05) is 19.1 Å². The monoisotopic (exact) mass is 298 g/mol. The molecule has 4 heteroatoms. The Bertz CT molecular complexity index is 790. The molecular weight excluding hydrogens is 288 g/mol. The van der Waals surface area contributed by atoms with Crippen LogP contribution in [-0.2, 0) is 0 Å². The third kappa shape index (κ3) is 2.26. The van der Waals surface area contributed by atoms with Gasteiger partial charge in [-0.3, -0.25) is 9.59 Å². The van der Waals surface area contributed by atoms with Gasteiger partial charge in [-0.1, -0.05) is 54.1 Å². The summed E-state index contributed by atoms with van der Waals surface area (Å²) in [5, 5.41) is -0.179. The molecule has 0 saturated heterocycles. The molecular formula is C17H11ClO3. The summed E-state index contributed by atoms with van der Waals surface area (Å²) in [6, 6.07) is 13.8. The van der Waals surface area contributed by atoms with Crippen molar-refractivity contribution in [3.05, 3.63) is 76.0 Å². The molecule has 0 aromatic heterocycles. The Kier molecular flexibility index (Phi) is 3.35. The van der Waals surface area contributed by atoms with E-state index in [4.69, 9.17) is 16.3 Å². The average molecular weight is 299 g/mol. The number of rotatable bonds is 2. The van der Waals surface area contributed by atoms with E-state index in [1.54, 1.807) is 36.4 Å². The lowest BCUT2D eigenvalue weighted by Crippen LogP contribution is -2.23. The molecule has 0 bridgehead atoms. The van der Waals surface area contributed by atoms with E-state index in [1.165, 1.54) is 0 Å². The summed E-state index contributed by atoms with van der Waals surface area (Å²) in [7, 11) is 0. The first-order valence-corrected chi connectivity index (χ1v) is 6.79. The number of ketones is 2. The molecule has 0 radical (unpaired) electrons. The number of hydrogen-bond donors (Lipinski definition) is 0. The van der Waals surface area contributed by atoms with E-state index < -0.39 is 5.78 Å². The molecule has 1 aliphatic carbocycles. The number of Topliss-reactive ketones (excluding diaryl/α,β-unsaturated/α-hetero) is 2. The highest BCUT2D eigenvalue weighted by molar-refractivity contribution is 6.49. The number of benzene rings is 2. The van der Waals surface area contributed by atoms with Crippen LogP contribution in [0.2, 0.25) is 0 Å². The second-order valence-corrected chi connectivity index (χ2v) is 5.09. The van der Waals surface area contributed by atoms with Crippen molar-refractivity contribution in [2.45, 2.75) is 6.92 Å². The van der Waals surface area contributed by atoms with Gasteiger partial charge in [-0.2, -0.15) is 0 Å². The molecule has 0 heterocycles. The van der Waals surface area contributed by atoms with Crippen molar-refractivity contribution >= 4 is 23.2 Å². The molecule has 104 valence electrons. The van der Waals surface area contributed by atoms with Gasteiger partial charge >= 0.3 is 0 Å². The summed E-state index contributed by atoms with van der Waals surface area (Å²) >= 11 is 6.04. The summed E-state index contributed by atoms with van der Waals surface area (Å²) in [5.41, 5.74) is 1.48. The van der Waals surface area contributed by atoms with Crippen molar-refractivity contribution in [1.29, 1.82) is 0 Å². The molecule has 0 saturated carbocycles. The lowest BCUT2D eigenvalue weighted by Gasteiger charge is -2.18. The Hall–Kier alpha value is -2.39. The number of ether oxygens (including phenoxy) is 1. The number of para-hydroxylation sites is 1. The Balaban J connectivity index is 2.07. The molecule has 0 unspecified atom stereocenters. The largest absolute Gasteiger partial charge is 0.451 e. The first-order valence-electron chi connectivity index (χ1n) is 6.41. The van der Waals surface area contributed by atoms with E-state index >= 15 is 0 Å². The van der Waals surface area contributed by atoms with E-state index in [-0.39, 0.29) is 16.6 Å². The van der Waals surface area contributed by atoms with E-state index in [0.717, 1.165) is 5.56 Å². The minimum absolute atomic E-state index is 0.116. The lowest BCUT2D eigenvalue weighted by atomic mass is 9.93. The molecule has 0 spiro atoms. The Morgan fingerprint density at radius 3 is 2.10 bits per heavy atom. The number of hydrogen-bond acceptors (Lipinski definition) is 3. The van der Waals surface area contributed by atoms with Gasteiger partial charge in [0.2, 0.25) is 11.6 Å². The van der Waals surface area contributed by atoms with Crippen molar-refractivity contribution < 1.29 is 14.3 Å². The van der Waals surface area contributed by atoms with Gasteiger partial charge in [-0.05, 0) is 18.6 Å². The second-order valence-electron chi connectivity index (χ2n) is 4.71. The van der Waals surface area contributed by atoms with E-state index in [9.17, 15) is 9.59 Å². The minimum Gasteiger partial charge on any atom is -0.451 e. The fourth-order valence-corrected chi connectivity index (χ4v) is 2.42. The molecule has 0 atom stereocenters. The summed E-state index contributed by atoms with van der Waals surface area (Å²) in [4.78, 5) is 24.7. The predicted octanol–water partition coefficient (Wildman–Crippen LogP) is 3.90. The molecule has 0 N–H and O–H groups in total. The third-order valence-corrected chi connectivity index (χ3v) is 3.67. The molecule has 2 aromatic rings. The van der Waals surface area contributed by atoms with E-state index in [2.05, 4.69) is 0 Å². The van der Waals surface area contributed by atoms with Crippen LogP contribution in [0.1, 0.15) is 26.3 Å². The van der Waals surface area contributed by atoms with Gasteiger partial charge in [0.05, 0.1) is 0 Å². The van der Waals surface area contributed by atoms with Crippen LogP contribution < -0.4 is 4.74 Å². The number of aryl methyl sites for hydroxylation is 1. The van der Waals surface area contributed by atoms with Crippen LogP contribution in [0.5, 0.6) is 5.75 Å². The van der Waals surface area contributed by atoms with Crippen LogP contribution >= 0.6 is 11.6 Å². The van der Waals surface area contributed by atoms with Gasteiger partial charge in [0.1, 0.15) is 10.8 Å². The normalized spacial score (nSPS) is 14.2. The number of fused-ring (bicyclic) bond motifs is 1. The summed E-state index contributed by atoms with van der Waals surface area (Å²) in [6.07, 6.45) is 0. The molecule has 1 aliphatic rings. The summed E-state index contributed by atoms with van der Waals surface area (Å²) in [6.45, 7) is 1.85. The maximum Gasteiger partial charge on any atom is 0.230 e. The quantitative estimate of drug-likeness (QED) is 0.844. The highest BCUT2D eigenvalue weighted by Crippen LogP contribution is 2.31. The predicted molar refractivity (Wildman–Crippen MR) is 79.8 cm³/mol. The van der Waals surface area contributed by atoms with Crippen LogP contribution in [0, 0.1) is 6.92 Å². The van der Waals surface area contributed by atoms with Gasteiger partial charge in [0.25, 0.3) is 0 Å².